The van der Waals surface area contributed by atoms with Crippen LogP contribution in [0.5, 0.6) is 0 Å². The highest BCUT2D eigenvalue weighted by molar-refractivity contribution is 6.07. The summed E-state index contributed by atoms with van der Waals surface area (Å²) in [5.74, 6) is -1.18. The normalized spacial score (nSPS) is 16.4. The SMILES string of the molecule is C=C1C=CC(=O)N1CCCCCNC(=O)C1(C(=O)N[C@@H](CCCCN)C(=O)Nc2ccc(COO)cc2)CCC1. The zero-order chi connectivity index (χ0) is 29.0. The Labute approximate surface area is 235 Å². The molecule has 11 heteroatoms. The van der Waals surface area contributed by atoms with Crippen LogP contribution in [0.1, 0.15) is 63.4 Å². The highest BCUT2D eigenvalue weighted by atomic mass is 17.1. The lowest BCUT2D eigenvalue weighted by Gasteiger charge is -2.39. The van der Waals surface area contributed by atoms with E-state index >= 15 is 0 Å². The van der Waals surface area contributed by atoms with Crippen LogP contribution in [0.25, 0.3) is 0 Å². The first-order valence-corrected chi connectivity index (χ1v) is 13.9. The topological polar surface area (TPSA) is 163 Å². The van der Waals surface area contributed by atoms with Gasteiger partial charge in [0.2, 0.25) is 17.7 Å². The van der Waals surface area contributed by atoms with Gasteiger partial charge in [-0.25, -0.2) is 4.89 Å². The molecular weight excluding hydrogens is 514 g/mol. The lowest BCUT2D eigenvalue weighted by molar-refractivity contribution is -0.253. The monoisotopic (exact) mass is 555 g/mol. The number of hydrogen-bond donors (Lipinski definition) is 5. The Morgan fingerprint density at radius 3 is 2.40 bits per heavy atom. The van der Waals surface area contributed by atoms with Crippen molar-refractivity contribution in [3.05, 3.63) is 54.3 Å². The van der Waals surface area contributed by atoms with Gasteiger partial charge in [-0.1, -0.05) is 25.1 Å². The predicted molar refractivity (Wildman–Crippen MR) is 150 cm³/mol. The molecule has 218 valence electrons. The molecule has 1 aromatic rings. The Kier molecular flexibility index (Phi) is 11.9. The Hall–Kier alpha value is -3.54. The number of anilines is 1. The van der Waals surface area contributed by atoms with E-state index in [0.29, 0.717) is 63.1 Å². The van der Waals surface area contributed by atoms with Crippen LogP contribution in [0, 0.1) is 5.41 Å². The van der Waals surface area contributed by atoms with Crippen molar-refractivity contribution < 1.29 is 29.3 Å². The van der Waals surface area contributed by atoms with Crippen LogP contribution < -0.4 is 21.7 Å². The fourth-order valence-corrected chi connectivity index (χ4v) is 4.82. The number of rotatable bonds is 17. The molecule has 1 atom stereocenters. The van der Waals surface area contributed by atoms with E-state index in [1.807, 2.05) is 0 Å². The van der Waals surface area contributed by atoms with Gasteiger partial charge in [0.15, 0.2) is 0 Å². The Bertz CT molecular complexity index is 1060. The number of carbonyl (C=O) groups is 4. The Balaban J connectivity index is 1.50. The summed E-state index contributed by atoms with van der Waals surface area (Å²) in [7, 11) is 0. The third kappa shape index (κ3) is 8.23. The van der Waals surface area contributed by atoms with Crippen molar-refractivity contribution in [1.82, 2.24) is 15.5 Å². The van der Waals surface area contributed by atoms with Gasteiger partial charge in [0, 0.05) is 30.5 Å². The maximum atomic E-state index is 13.4. The quantitative estimate of drug-likeness (QED) is 0.0854. The fourth-order valence-electron chi connectivity index (χ4n) is 4.82. The van der Waals surface area contributed by atoms with Crippen molar-refractivity contribution >= 4 is 29.3 Å². The maximum absolute atomic E-state index is 13.4. The molecule has 0 saturated heterocycles. The summed E-state index contributed by atoms with van der Waals surface area (Å²) >= 11 is 0. The van der Waals surface area contributed by atoms with E-state index in [-0.39, 0.29) is 24.3 Å². The molecule has 0 unspecified atom stereocenters. The zero-order valence-electron chi connectivity index (χ0n) is 23.0. The number of nitrogens with zero attached hydrogens (tertiary/aromatic N) is 1. The molecule has 0 spiro atoms. The van der Waals surface area contributed by atoms with Gasteiger partial charge >= 0.3 is 0 Å². The smallest absolute Gasteiger partial charge is 0.251 e. The van der Waals surface area contributed by atoms with E-state index in [2.05, 4.69) is 27.4 Å². The number of nitrogens with two attached hydrogens (primary N) is 1. The zero-order valence-corrected chi connectivity index (χ0v) is 23.0. The van der Waals surface area contributed by atoms with Crippen molar-refractivity contribution in [2.24, 2.45) is 11.1 Å². The van der Waals surface area contributed by atoms with Gasteiger partial charge in [-0.15, -0.1) is 0 Å². The van der Waals surface area contributed by atoms with E-state index in [4.69, 9.17) is 11.0 Å². The number of carbonyl (C=O) groups excluding carboxylic acids is 4. The van der Waals surface area contributed by atoms with E-state index in [0.717, 1.165) is 31.2 Å². The van der Waals surface area contributed by atoms with Gasteiger partial charge in [-0.3, -0.25) is 24.4 Å². The molecule has 4 amide bonds. The van der Waals surface area contributed by atoms with Crippen LogP contribution in [0.3, 0.4) is 0 Å². The van der Waals surface area contributed by atoms with E-state index < -0.39 is 17.4 Å². The van der Waals surface area contributed by atoms with E-state index in [9.17, 15) is 19.2 Å². The second-order valence-corrected chi connectivity index (χ2v) is 10.3. The molecule has 1 saturated carbocycles. The second kappa shape index (κ2) is 15.3. The molecule has 0 bridgehead atoms. The molecular formula is C29H41N5O6. The van der Waals surface area contributed by atoms with E-state index in [1.165, 1.54) is 6.08 Å². The molecule has 1 fully saturated rings. The molecule has 2 aliphatic rings. The molecule has 1 aromatic carbocycles. The first-order chi connectivity index (χ1) is 19.3. The maximum Gasteiger partial charge on any atom is 0.251 e. The molecule has 0 radical (unpaired) electrons. The molecule has 40 heavy (non-hydrogen) atoms. The van der Waals surface area contributed by atoms with Crippen LogP contribution >= 0.6 is 0 Å². The van der Waals surface area contributed by atoms with Crippen molar-refractivity contribution in [1.29, 1.82) is 0 Å². The van der Waals surface area contributed by atoms with Crippen LogP contribution in [-0.4, -0.2) is 59.5 Å². The summed E-state index contributed by atoms with van der Waals surface area (Å²) in [6.45, 7) is 5.37. The molecule has 1 heterocycles. The van der Waals surface area contributed by atoms with Gasteiger partial charge in [-0.2, -0.15) is 0 Å². The van der Waals surface area contributed by atoms with Crippen LogP contribution in [-0.2, 0) is 30.7 Å². The minimum absolute atomic E-state index is 0.0314. The molecule has 1 aliphatic carbocycles. The molecule has 1 aliphatic heterocycles. The van der Waals surface area contributed by atoms with Gasteiger partial charge in [0.25, 0.3) is 5.91 Å². The van der Waals surface area contributed by atoms with Crippen LogP contribution in [0.15, 0.2) is 48.7 Å². The van der Waals surface area contributed by atoms with Crippen molar-refractivity contribution in [3.63, 3.8) is 0 Å². The Morgan fingerprint density at radius 1 is 1.05 bits per heavy atom. The van der Waals surface area contributed by atoms with Crippen LogP contribution in [0.2, 0.25) is 0 Å². The number of hydrogen-bond acceptors (Lipinski definition) is 7. The third-order valence-electron chi connectivity index (χ3n) is 7.47. The van der Waals surface area contributed by atoms with E-state index in [1.54, 1.807) is 35.2 Å². The van der Waals surface area contributed by atoms with Crippen LogP contribution in [0.4, 0.5) is 5.69 Å². The van der Waals surface area contributed by atoms with Gasteiger partial charge < -0.3 is 26.6 Å². The molecule has 11 nitrogen and oxygen atoms in total. The Morgan fingerprint density at radius 2 is 1.80 bits per heavy atom. The first-order valence-electron chi connectivity index (χ1n) is 13.9. The lowest BCUT2D eigenvalue weighted by atomic mass is 9.67. The average molecular weight is 556 g/mol. The third-order valence-corrected chi connectivity index (χ3v) is 7.47. The fraction of sp³-hybridized carbons (Fsp3) is 0.517. The summed E-state index contributed by atoms with van der Waals surface area (Å²) in [6.07, 6.45) is 8.89. The van der Waals surface area contributed by atoms with Crippen molar-refractivity contribution in [2.45, 2.75) is 70.4 Å². The summed E-state index contributed by atoms with van der Waals surface area (Å²) in [5.41, 5.74) is 6.41. The molecule has 3 rings (SSSR count). The second-order valence-electron chi connectivity index (χ2n) is 10.3. The largest absolute Gasteiger partial charge is 0.355 e. The van der Waals surface area contributed by atoms with Crippen molar-refractivity contribution in [3.8, 4) is 0 Å². The number of unbranched alkanes of at least 4 members (excludes halogenated alkanes) is 3. The number of benzene rings is 1. The van der Waals surface area contributed by atoms with Gasteiger partial charge in [0.05, 0.1) is 0 Å². The average Bonchev–Trinajstić information content (AvgIpc) is 3.23. The van der Waals surface area contributed by atoms with Gasteiger partial charge in [0.1, 0.15) is 18.1 Å². The minimum Gasteiger partial charge on any atom is -0.355 e. The minimum atomic E-state index is -1.18. The summed E-state index contributed by atoms with van der Waals surface area (Å²) in [5, 5.41) is 17.2. The number of amides is 4. The molecule has 0 aromatic heterocycles. The standard InChI is InChI=1S/C29H41N5O6/c1-21-9-14-25(35)34(21)19-6-2-5-18-31-27(37)29(15-7-16-29)28(38)33-24(8-3-4-17-30)26(36)32-23-12-10-22(11-13-23)20-40-39/h9-14,24,39H,1-8,15-20,30H2,(H,31,37)(H,32,36)(H,33,38)/t24-/m0/s1. The number of nitrogens with one attached hydrogen (secondary N) is 3. The predicted octanol–water partition coefficient (Wildman–Crippen LogP) is 2.60. The highest BCUT2D eigenvalue weighted by Crippen LogP contribution is 2.41. The first kappa shape index (κ1) is 31.0. The van der Waals surface area contributed by atoms with Crippen molar-refractivity contribution in [2.75, 3.05) is 25.0 Å². The summed E-state index contributed by atoms with van der Waals surface area (Å²) in [4.78, 5) is 57.1. The highest BCUT2D eigenvalue weighted by Gasteiger charge is 2.51. The number of allylic oxidation sites excluding steroid dienone is 1. The summed E-state index contributed by atoms with van der Waals surface area (Å²) < 4.78 is 0. The lowest BCUT2D eigenvalue weighted by Crippen LogP contribution is -2.58. The van der Waals surface area contributed by atoms with Gasteiger partial charge in [-0.05, 0) is 81.7 Å². The summed E-state index contributed by atoms with van der Waals surface area (Å²) in [6, 6.07) is 5.97. The molecule has 6 N–H and O–H groups in total.